The van der Waals surface area contributed by atoms with Crippen LogP contribution in [-0.4, -0.2) is 43.9 Å². The molecule has 3 aliphatic rings. The van der Waals surface area contributed by atoms with Crippen LogP contribution < -0.4 is 5.32 Å². The van der Waals surface area contributed by atoms with Crippen molar-refractivity contribution in [1.29, 1.82) is 0 Å². The van der Waals surface area contributed by atoms with E-state index in [4.69, 9.17) is 24.8 Å². The number of halogens is 1. The molecule has 2 atom stereocenters. The standard InChI is InChI=1S/C41H35FN6O2S/c1-50-40(49)33-25-17-19-26(20-18-25)34(33)44-36-31-21-22-51-39(31)46-37(45-36)35-32-23-30(42)24-43-38(32)48(47-35)41(27-11-5-2-6-12-27,28-13-7-3-8-14-28)29-15-9-4-10-16-29/h2-16,21-26,33-34H,17-20H2,1H3,(H,44,45,46)/t25?,26?,33-,34-/m0/s1. The second kappa shape index (κ2) is 12.7. The van der Waals surface area contributed by atoms with E-state index in [0.29, 0.717) is 34.3 Å². The van der Waals surface area contributed by atoms with Gasteiger partial charge in [0.1, 0.15) is 27.7 Å². The summed E-state index contributed by atoms with van der Waals surface area (Å²) >= 11 is 1.50. The number of fused-ring (bicyclic) bond motifs is 5. The summed E-state index contributed by atoms with van der Waals surface area (Å²) < 4.78 is 22.5. The maximum absolute atomic E-state index is 15.2. The Hall–Kier alpha value is -5.48. The molecule has 3 aromatic carbocycles. The van der Waals surface area contributed by atoms with E-state index in [0.717, 1.165) is 52.6 Å². The number of nitrogens with zero attached hydrogens (tertiary/aromatic N) is 5. The van der Waals surface area contributed by atoms with Crippen LogP contribution >= 0.6 is 11.3 Å². The zero-order chi connectivity index (χ0) is 34.5. The number of nitrogens with one attached hydrogen (secondary N) is 1. The molecule has 0 radical (unpaired) electrons. The van der Waals surface area contributed by atoms with E-state index in [2.05, 4.69) is 41.7 Å². The van der Waals surface area contributed by atoms with E-state index in [9.17, 15) is 4.79 Å². The molecule has 3 saturated carbocycles. The lowest BCUT2D eigenvalue weighted by Crippen LogP contribution is -2.51. The SMILES string of the molecule is COC(=O)[C@H]1C2CCC(CC2)[C@@H]1Nc1nc(-c2nn(C(c3ccccc3)(c3ccccc3)c3ccccc3)c3ncc(F)cc23)nc2sccc12. The van der Waals surface area contributed by atoms with Crippen molar-refractivity contribution >= 4 is 44.4 Å². The molecule has 7 aromatic rings. The van der Waals surface area contributed by atoms with Gasteiger partial charge in [-0.25, -0.2) is 24.0 Å². The monoisotopic (exact) mass is 694 g/mol. The van der Waals surface area contributed by atoms with Gasteiger partial charge in [0.05, 0.1) is 30.0 Å². The molecule has 4 heterocycles. The minimum absolute atomic E-state index is 0.119. The molecule has 254 valence electrons. The summed E-state index contributed by atoms with van der Waals surface area (Å²) in [4.78, 5) is 28.8. The number of anilines is 1. The smallest absolute Gasteiger partial charge is 0.311 e. The molecular formula is C41H35FN6O2S. The maximum atomic E-state index is 15.2. The molecule has 10 rings (SSSR count). The lowest BCUT2D eigenvalue weighted by atomic mass is 9.61. The minimum atomic E-state index is -0.992. The Kier molecular flexibility index (Phi) is 7.84. The highest BCUT2D eigenvalue weighted by Gasteiger charge is 2.48. The van der Waals surface area contributed by atoms with Crippen LogP contribution in [0.5, 0.6) is 0 Å². The number of esters is 1. The number of rotatable bonds is 8. The van der Waals surface area contributed by atoms with Crippen molar-refractivity contribution in [3.8, 4) is 11.5 Å². The molecule has 0 amide bonds. The highest BCUT2D eigenvalue weighted by molar-refractivity contribution is 7.16. The van der Waals surface area contributed by atoms with Gasteiger partial charge in [-0.3, -0.25) is 4.79 Å². The number of hydrogen-bond acceptors (Lipinski definition) is 8. The Bertz CT molecular complexity index is 2260. The van der Waals surface area contributed by atoms with Gasteiger partial charge >= 0.3 is 5.97 Å². The first-order valence-electron chi connectivity index (χ1n) is 17.4. The lowest BCUT2D eigenvalue weighted by Gasteiger charge is -2.47. The lowest BCUT2D eigenvalue weighted by molar-refractivity contribution is -0.152. The number of benzene rings is 3. The van der Waals surface area contributed by atoms with E-state index in [-0.39, 0.29) is 23.8 Å². The summed E-state index contributed by atoms with van der Waals surface area (Å²) in [7, 11) is 1.47. The molecule has 3 fully saturated rings. The van der Waals surface area contributed by atoms with E-state index in [1.165, 1.54) is 30.7 Å². The van der Waals surface area contributed by atoms with Gasteiger partial charge in [0.25, 0.3) is 0 Å². The number of thiophene rings is 1. The molecule has 0 spiro atoms. The third-order valence-corrected chi connectivity index (χ3v) is 11.7. The Balaban J connectivity index is 1.28. The van der Waals surface area contributed by atoms with Crippen molar-refractivity contribution in [2.45, 2.75) is 37.3 Å². The summed E-state index contributed by atoms with van der Waals surface area (Å²) in [6.07, 6.45) is 5.40. The van der Waals surface area contributed by atoms with Crippen molar-refractivity contribution in [3.63, 3.8) is 0 Å². The second-order valence-corrected chi connectivity index (χ2v) is 14.4. The number of aromatic nitrogens is 5. The molecule has 0 unspecified atom stereocenters. The Morgan fingerprint density at radius 1 is 0.843 bits per heavy atom. The number of methoxy groups -OCH3 is 1. The molecule has 10 heteroatoms. The molecule has 1 N–H and O–H groups in total. The summed E-state index contributed by atoms with van der Waals surface area (Å²) in [6, 6.07) is 33.9. The molecule has 51 heavy (non-hydrogen) atoms. The largest absolute Gasteiger partial charge is 0.469 e. The molecule has 0 saturated heterocycles. The zero-order valence-corrected chi connectivity index (χ0v) is 28.8. The van der Waals surface area contributed by atoms with Gasteiger partial charge in [-0.2, -0.15) is 5.10 Å². The summed E-state index contributed by atoms with van der Waals surface area (Å²) in [5.74, 6) is 0.669. The van der Waals surface area contributed by atoms with Crippen molar-refractivity contribution < 1.29 is 13.9 Å². The van der Waals surface area contributed by atoms with Gasteiger partial charge in [0.15, 0.2) is 11.5 Å². The van der Waals surface area contributed by atoms with Crippen LogP contribution in [0, 0.1) is 23.6 Å². The topological polar surface area (TPSA) is 94.8 Å². The van der Waals surface area contributed by atoms with Crippen LogP contribution in [0.4, 0.5) is 10.2 Å². The van der Waals surface area contributed by atoms with Crippen molar-refractivity contribution in [1.82, 2.24) is 24.7 Å². The average Bonchev–Trinajstić information content (AvgIpc) is 3.82. The van der Waals surface area contributed by atoms with E-state index in [1.54, 1.807) is 0 Å². The van der Waals surface area contributed by atoms with Gasteiger partial charge < -0.3 is 10.1 Å². The Morgan fingerprint density at radius 3 is 2.06 bits per heavy atom. The van der Waals surface area contributed by atoms with E-state index < -0.39 is 11.4 Å². The van der Waals surface area contributed by atoms with Crippen molar-refractivity contribution in [2.75, 3.05) is 12.4 Å². The maximum Gasteiger partial charge on any atom is 0.311 e. The highest BCUT2D eigenvalue weighted by atomic mass is 32.1. The number of pyridine rings is 1. The van der Waals surface area contributed by atoms with Gasteiger partial charge in [-0.1, -0.05) is 91.0 Å². The van der Waals surface area contributed by atoms with Crippen molar-refractivity contribution in [3.05, 3.63) is 137 Å². The first-order chi connectivity index (χ1) is 25.1. The number of hydrogen-bond donors (Lipinski definition) is 1. The van der Waals surface area contributed by atoms with Gasteiger partial charge in [-0.05, 0) is 71.7 Å². The van der Waals surface area contributed by atoms with Crippen LogP contribution in [0.25, 0.3) is 32.8 Å². The molecule has 8 nitrogen and oxygen atoms in total. The third kappa shape index (κ3) is 5.11. The highest BCUT2D eigenvalue weighted by Crippen LogP contribution is 2.48. The first kappa shape index (κ1) is 31.5. The van der Waals surface area contributed by atoms with E-state index in [1.807, 2.05) is 70.7 Å². The fraction of sp³-hybridized carbons (Fsp3) is 0.244. The summed E-state index contributed by atoms with van der Waals surface area (Å²) in [5, 5.41) is 12.4. The molecule has 2 bridgehead atoms. The quantitative estimate of drug-likeness (QED) is 0.126. The normalized spacial score (nSPS) is 20.1. The molecule has 0 aliphatic heterocycles. The average molecular weight is 695 g/mol. The third-order valence-electron chi connectivity index (χ3n) is 10.9. The molecule has 3 aliphatic carbocycles. The first-order valence-corrected chi connectivity index (χ1v) is 18.3. The second-order valence-electron chi connectivity index (χ2n) is 13.5. The number of ether oxygens (including phenoxy) is 1. The predicted octanol–water partition coefficient (Wildman–Crippen LogP) is 8.47. The van der Waals surface area contributed by atoms with Crippen LogP contribution in [0.2, 0.25) is 0 Å². The van der Waals surface area contributed by atoms with Gasteiger partial charge in [0.2, 0.25) is 0 Å². The predicted molar refractivity (Wildman–Crippen MR) is 197 cm³/mol. The van der Waals surface area contributed by atoms with Crippen molar-refractivity contribution in [2.24, 2.45) is 17.8 Å². The minimum Gasteiger partial charge on any atom is -0.469 e. The number of carbonyl (C=O) groups is 1. The zero-order valence-electron chi connectivity index (χ0n) is 27.9. The van der Waals surface area contributed by atoms with E-state index >= 15 is 4.39 Å². The summed E-state index contributed by atoms with van der Waals surface area (Å²) in [5.41, 5.74) is 2.79. The molecular weight excluding hydrogens is 660 g/mol. The van der Waals surface area contributed by atoms with Crippen LogP contribution in [-0.2, 0) is 15.1 Å². The number of carbonyl (C=O) groups excluding carboxylic acids is 1. The van der Waals surface area contributed by atoms with Crippen LogP contribution in [0.3, 0.4) is 0 Å². The Morgan fingerprint density at radius 2 is 1.45 bits per heavy atom. The Labute approximate surface area is 298 Å². The summed E-state index contributed by atoms with van der Waals surface area (Å²) in [6.45, 7) is 0. The fourth-order valence-corrected chi connectivity index (χ4v) is 9.41. The molecule has 4 aromatic heterocycles. The van der Waals surface area contributed by atoms with Crippen LogP contribution in [0.15, 0.2) is 115 Å². The van der Waals surface area contributed by atoms with Gasteiger partial charge in [0, 0.05) is 6.04 Å². The van der Waals surface area contributed by atoms with Gasteiger partial charge in [-0.15, -0.1) is 11.3 Å². The fourth-order valence-electron chi connectivity index (χ4n) is 8.64. The van der Waals surface area contributed by atoms with Crippen LogP contribution in [0.1, 0.15) is 42.4 Å².